The predicted octanol–water partition coefficient (Wildman–Crippen LogP) is 4.16. The zero-order chi connectivity index (χ0) is 15.2. The zero-order valence-corrected chi connectivity index (χ0v) is 12.7. The maximum absolute atomic E-state index is 12.5. The molecule has 1 aliphatic rings. The molecule has 1 heterocycles. The topological polar surface area (TPSA) is 39.2 Å². The molecule has 0 aliphatic heterocycles. The van der Waals surface area contributed by atoms with Gasteiger partial charge in [0.05, 0.1) is 11.3 Å². The molecular formula is C19H21NO2. The summed E-state index contributed by atoms with van der Waals surface area (Å²) in [4.78, 5) is 16.8. The second-order valence-corrected chi connectivity index (χ2v) is 5.83. The minimum absolute atomic E-state index is 0.0750. The number of nitrogens with zero attached hydrogens (tertiary/aromatic N) is 1. The van der Waals surface area contributed by atoms with Gasteiger partial charge in [0.1, 0.15) is 6.10 Å². The quantitative estimate of drug-likeness (QED) is 0.795. The molecule has 1 aromatic heterocycles. The Morgan fingerprint density at radius 2 is 1.82 bits per heavy atom. The molecule has 3 nitrogen and oxygen atoms in total. The van der Waals surface area contributed by atoms with Gasteiger partial charge < -0.3 is 4.74 Å². The molecule has 0 unspecified atom stereocenters. The van der Waals surface area contributed by atoms with Crippen LogP contribution in [-0.2, 0) is 11.2 Å². The molecule has 0 spiro atoms. The Bertz CT molecular complexity index is 618. The van der Waals surface area contributed by atoms with E-state index in [0.29, 0.717) is 12.0 Å². The minimum Gasteiger partial charge on any atom is -0.459 e. The fourth-order valence-corrected chi connectivity index (χ4v) is 2.95. The summed E-state index contributed by atoms with van der Waals surface area (Å²) in [7, 11) is 0. The van der Waals surface area contributed by atoms with E-state index >= 15 is 0 Å². The van der Waals surface area contributed by atoms with Crippen molar-refractivity contribution in [2.24, 2.45) is 0 Å². The highest BCUT2D eigenvalue weighted by Crippen LogP contribution is 2.22. The molecule has 0 saturated heterocycles. The molecule has 1 aromatic carbocycles. The number of hydrogen-bond donors (Lipinski definition) is 0. The van der Waals surface area contributed by atoms with Crippen LogP contribution in [0.3, 0.4) is 0 Å². The summed E-state index contributed by atoms with van der Waals surface area (Å²) in [5.41, 5.74) is 2.53. The van der Waals surface area contributed by atoms with Gasteiger partial charge in [-0.2, -0.15) is 0 Å². The van der Waals surface area contributed by atoms with Crippen molar-refractivity contribution in [2.45, 2.75) is 44.6 Å². The van der Waals surface area contributed by atoms with Gasteiger partial charge in [0.2, 0.25) is 0 Å². The van der Waals surface area contributed by atoms with E-state index in [1.165, 1.54) is 6.42 Å². The van der Waals surface area contributed by atoms with Crippen LogP contribution >= 0.6 is 0 Å². The van der Waals surface area contributed by atoms with E-state index in [1.54, 1.807) is 12.3 Å². The van der Waals surface area contributed by atoms with Crippen LogP contribution in [0.25, 0.3) is 0 Å². The SMILES string of the molecule is O=C(OC1CCCCC1)c1cccnc1Cc1ccccc1. The molecule has 3 heteroatoms. The standard InChI is InChI=1S/C19H21NO2/c21-19(22-16-10-5-2-6-11-16)17-12-7-13-20-18(17)14-15-8-3-1-4-9-15/h1,3-4,7-9,12-13,16H,2,5-6,10-11,14H2. The normalized spacial score (nSPS) is 15.5. The maximum Gasteiger partial charge on any atom is 0.340 e. The van der Waals surface area contributed by atoms with Gasteiger partial charge in [-0.15, -0.1) is 0 Å². The number of rotatable bonds is 4. The first-order valence-corrected chi connectivity index (χ1v) is 8.02. The molecule has 0 amide bonds. The molecule has 114 valence electrons. The molecule has 0 bridgehead atoms. The van der Waals surface area contributed by atoms with Crippen molar-refractivity contribution in [3.63, 3.8) is 0 Å². The highest BCUT2D eigenvalue weighted by Gasteiger charge is 2.21. The lowest BCUT2D eigenvalue weighted by molar-refractivity contribution is 0.0209. The van der Waals surface area contributed by atoms with E-state index in [1.807, 2.05) is 36.4 Å². The van der Waals surface area contributed by atoms with Crippen LogP contribution in [0.2, 0.25) is 0 Å². The molecule has 3 rings (SSSR count). The van der Waals surface area contributed by atoms with Crippen molar-refractivity contribution in [2.75, 3.05) is 0 Å². The Morgan fingerprint density at radius 1 is 1.05 bits per heavy atom. The summed E-state index contributed by atoms with van der Waals surface area (Å²) >= 11 is 0. The van der Waals surface area contributed by atoms with Gasteiger partial charge >= 0.3 is 5.97 Å². The van der Waals surface area contributed by atoms with Crippen LogP contribution in [0.15, 0.2) is 48.7 Å². The number of hydrogen-bond acceptors (Lipinski definition) is 3. The van der Waals surface area contributed by atoms with Gasteiger partial charge in [-0.3, -0.25) is 4.98 Å². The van der Waals surface area contributed by atoms with E-state index in [4.69, 9.17) is 4.74 Å². The monoisotopic (exact) mass is 295 g/mol. The minimum atomic E-state index is -0.231. The van der Waals surface area contributed by atoms with E-state index in [0.717, 1.165) is 36.9 Å². The van der Waals surface area contributed by atoms with Gasteiger partial charge in [-0.1, -0.05) is 36.8 Å². The van der Waals surface area contributed by atoms with Crippen LogP contribution < -0.4 is 0 Å². The summed E-state index contributed by atoms with van der Waals surface area (Å²) < 4.78 is 5.68. The molecular weight excluding hydrogens is 274 g/mol. The smallest absolute Gasteiger partial charge is 0.340 e. The van der Waals surface area contributed by atoms with Crippen molar-refractivity contribution in [3.8, 4) is 0 Å². The predicted molar refractivity (Wildman–Crippen MR) is 85.8 cm³/mol. The lowest BCUT2D eigenvalue weighted by atomic mass is 9.97. The van der Waals surface area contributed by atoms with Crippen LogP contribution in [0.5, 0.6) is 0 Å². The van der Waals surface area contributed by atoms with Crippen molar-refractivity contribution in [1.29, 1.82) is 0 Å². The second kappa shape index (κ2) is 7.21. The first-order valence-electron chi connectivity index (χ1n) is 8.02. The average Bonchev–Trinajstić information content (AvgIpc) is 2.57. The average molecular weight is 295 g/mol. The summed E-state index contributed by atoms with van der Waals surface area (Å²) in [6, 6.07) is 13.7. The van der Waals surface area contributed by atoms with Gasteiger partial charge in [-0.05, 0) is 43.4 Å². The van der Waals surface area contributed by atoms with Crippen molar-refractivity contribution < 1.29 is 9.53 Å². The van der Waals surface area contributed by atoms with Crippen LogP contribution in [0, 0.1) is 0 Å². The van der Waals surface area contributed by atoms with E-state index in [2.05, 4.69) is 4.98 Å². The first kappa shape index (κ1) is 14.8. The molecule has 0 radical (unpaired) electrons. The summed E-state index contributed by atoms with van der Waals surface area (Å²) in [6.45, 7) is 0. The number of carbonyl (C=O) groups excluding carboxylic acids is 1. The third kappa shape index (κ3) is 3.73. The van der Waals surface area contributed by atoms with Gasteiger partial charge in [-0.25, -0.2) is 4.79 Å². The van der Waals surface area contributed by atoms with Gasteiger partial charge in [0.25, 0.3) is 0 Å². The first-order chi connectivity index (χ1) is 10.8. The van der Waals surface area contributed by atoms with E-state index < -0.39 is 0 Å². The Balaban J connectivity index is 1.74. The largest absolute Gasteiger partial charge is 0.459 e. The van der Waals surface area contributed by atoms with Crippen molar-refractivity contribution >= 4 is 5.97 Å². The fourth-order valence-electron chi connectivity index (χ4n) is 2.95. The van der Waals surface area contributed by atoms with Crippen molar-refractivity contribution in [3.05, 3.63) is 65.5 Å². The third-order valence-corrected chi connectivity index (χ3v) is 4.15. The Kier molecular flexibility index (Phi) is 4.84. The number of carbonyl (C=O) groups is 1. The lowest BCUT2D eigenvalue weighted by Gasteiger charge is -2.22. The lowest BCUT2D eigenvalue weighted by Crippen LogP contribution is -2.22. The van der Waals surface area contributed by atoms with Gasteiger partial charge in [0, 0.05) is 12.6 Å². The summed E-state index contributed by atoms with van der Waals surface area (Å²) in [6.07, 6.45) is 7.99. The molecule has 0 atom stereocenters. The second-order valence-electron chi connectivity index (χ2n) is 5.83. The summed E-state index contributed by atoms with van der Waals surface area (Å²) in [5, 5.41) is 0. The van der Waals surface area contributed by atoms with Crippen LogP contribution in [0.4, 0.5) is 0 Å². The number of pyridine rings is 1. The highest BCUT2D eigenvalue weighted by molar-refractivity contribution is 5.90. The Hall–Kier alpha value is -2.16. The summed E-state index contributed by atoms with van der Waals surface area (Å²) in [5.74, 6) is -0.231. The van der Waals surface area contributed by atoms with E-state index in [-0.39, 0.29) is 12.1 Å². The highest BCUT2D eigenvalue weighted by atomic mass is 16.5. The van der Waals surface area contributed by atoms with Crippen LogP contribution in [0.1, 0.15) is 53.7 Å². The maximum atomic E-state index is 12.5. The van der Waals surface area contributed by atoms with Crippen molar-refractivity contribution in [1.82, 2.24) is 4.98 Å². The molecule has 1 fully saturated rings. The Morgan fingerprint density at radius 3 is 2.59 bits per heavy atom. The fraction of sp³-hybridized carbons (Fsp3) is 0.368. The molecule has 1 saturated carbocycles. The van der Waals surface area contributed by atoms with Gasteiger partial charge in [0.15, 0.2) is 0 Å². The molecule has 22 heavy (non-hydrogen) atoms. The number of benzene rings is 1. The van der Waals surface area contributed by atoms with Crippen LogP contribution in [-0.4, -0.2) is 17.1 Å². The Labute approximate surface area is 131 Å². The zero-order valence-electron chi connectivity index (χ0n) is 12.7. The third-order valence-electron chi connectivity index (χ3n) is 4.15. The molecule has 0 N–H and O–H groups in total. The molecule has 2 aromatic rings. The number of esters is 1. The van der Waals surface area contributed by atoms with E-state index in [9.17, 15) is 4.79 Å². The number of ether oxygens (including phenoxy) is 1. The molecule has 1 aliphatic carbocycles. The number of aromatic nitrogens is 1.